The lowest BCUT2D eigenvalue weighted by Gasteiger charge is -2.32. The van der Waals surface area contributed by atoms with Gasteiger partial charge < -0.3 is 20.9 Å². The number of carbonyl (C=O) groups is 5. The molecule has 0 bridgehead atoms. The van der Waals surface area contributed by atoms with Crippen LogP contribution in [0, 0.1) is 11.8 Å². The molecule has 3 N–H and O–H groups in total. The second kappa shape index (κ2) is 13.6. The lowest BCUT2D eigenvalue weighted by atomic mass is 9.98. The SMILES string of the molecule is CC(=O)N[C@@H](Cc1ccccc1)C(=O)N[C@H](C(=O)N1CCC[C@H]1C(=O)N[C@@H](C(=O)C(F)(F)F)C(C)C)C(C)C. The van der Waals surface area contributed by atoms with Crippen molar-refractivity contribution in [2.45, 2.75) is 84.2 Å². The molecule has 4 amide bonds. The van der Waals surface area contributed by atoms with Crippen LogP contribution in [0.15, 0.2) is 30.3 Å². The average molecular weight is 555 g/mol. The van der Waals surface area contributed by atoms with E-state index in [9.17, 15) is 37.1 Å². The Labute approximate surface area is 226 Å². The molecule has 1 aromatic carbocycles. The summed E-state index contributed by atoms with van der Waals surface area (Å²) in [4.78, 5) is 64.6. The number of benzene rings is 1. The van der Waals surface area contributed by atoms with Crippen molar-refractivity contribution in [3.63, 3.8) is 0 Å². The lowest BCUT2D eigenvalue weighted by Crippen LogP contribution is -2.59. The molecular formula is C27H37F3N4O5. The fourth-order valence-corrected chi connectivity index (χ4v) is 4.51. The van der Waals surface area contributed by atoms with E-state index in [1.807, 2.05) is 6.07 Å². The molecule has 0 aromatic heterocycles. The monoisotopic (exact) mass is 554 g/mol. The van der Waals surface area contributed by atoms with Crippen LogP contribution in [0.3, 0.4) is 0 Å². The summed E-state index contributed by atoms with van der Waals surface area (Å²) in [7, 11) is 0. The van der Waals surface area contributed by atoms with Crippen molar-refractivity contribution in [3.05, 3.63) is 35.9 Å². The molecule has 1 heterocycles. The Kier molecular flexibility index (Phi) is 11.1. The summed E-state index contributed by atoms with van der Waals surface area (Å²) in [5, 5.41) is 7.48. The summed E-state index contributed by atoms with van der Waals surface area (Å²) in [6.07, 6.45) is -4.32. The number of carbonyl (C=O) groups excluding carboxylic acids is 5. The van der Waals surface area contributed by atoms with Crippen LogP contribution in [-0.4, -0.2) is 71.2 Å². The van der Waals surface area contributed by atoms with E-state index in [2.05, 4.69) is 16.0 Å². The molecule has 0 unspecified atom stereocenters. The summed E-state index contributed by atoms with van der Waals surface area (Å²) in [6, 6.07) is 4.11. The Morgan fingerprint density at radius 3 is 2.03 bits per heavy atom. The summed E-state index contributed by atoms with van der Waals surface area (Å²) >= 11 is 0. The minimum Gasteiger partial charge on any atom is -0.344 e. The number of hydrogen-bond donors (Lipinski definition) is 3. The van der Waals surface area contributed by atoms with Crippen LogP contribution in [-0.2, 0) is 30.4 Å². The smallest absolute Gasteiger partial charge is 0.344 e. The molecule has 1 aromatic rings. The van der Waals surface area contributed by atoms with E-state index in [1.54, 1.807) is 38.1 Å². The van der Waals surface area contributed by atoms with E-state index in [-0.39, 0.29) is 19.4 Å². The molecule has 12 heteroatoms. The molecule has 4 atom stereocenters. The maximum atomic E-state index is 13.6. The predicted octanol–water partition coefficient (Wildman–Crippen LogP) is 2.14. The van der Waals surface area contributed by atoms with E-state index in [4.69, 9.17) is 0 Å². The molecule has 1 fully saturated rings. The number of nitrogens with zero attached hydrogens (tertiary/aromatic N) is 1. The summed E-state index contributed by atoms with van der Waals surface area (Å²) in [5.74, 6) is -5.73. The standard InChI is InChI=1S/C27H37F3N4O5/c1-15(2)21(23(36)27(28,29)30)32-25(38)20-12-9-13-34(20)26(39)22(16(3)4)33-24(37)19(31-17(5)35)14-18-10-7-6-8-11-18/h6-8,10-11,15-16,19-22H,9,12-14H2,1-5H3,(H,31,35)(H,32,38)(H,33,37)/t19-,20-,21+,22-/m0/s1. The number of hydrogen-bond acceptors (Lipinski definition) is 5. The topological polar surface area (TPSA) is 125 Å². The van der Waals surface area contributed by atoms with Crippen LogP contribution in [0.4, 0.5) is 13.2 Å². The van der Waals surface area contributed by atoms with Gasteiger partial charge in [-0.25, -0.2) is 0 Å². The fraction of sp³-hybridized carbons (Fsp3) is 0.593. The van der Waals surface area contributed by atoms with Crippen molar-refractivity contribution in [2.75, 3.05) is 6.54 Å². The Balaban J connectivity index is 2.20. The highest BCUT2D eigenvalue weighted by atomic mass is 19.4. The van der Waals surface area contributed by atoms with Crippen molar-refractivity contribution in [1.29, 1.82) is 0 Å². The van der Waals surface area contributed by atoms with Gasteiger partial charge in [-0.1, -0.05) is 58.0 Å². The molecule has 1 aliphatic rings. The van der Waals surface area contributed by atoms with Gasteiger partial charge in [0.25, 0.3) is 5.78 Å². The number of ketones is 1. The van der Waals surface area contributed by atoms with Crippen LogP contribution in [0.1, 0.15) is 53.0 Å². The zero-order chi connectivity index (χ0) is 29.5. The van der Waals surface area contributed by atoms with Gasteiger partial charge in [-0.15, -0.1) is 0 Å². The van der Waals surface area contributed by atoms with Gasteiger partial charge in [-0.05, 0) is 30.2 Å². The number of alkyl halides is 3. The molecule has 0 radical (unpaired) electrons. The van der Waals surface area contributed by atoms with Crippen molar-refractivity contribution >= 4 is 29.4 Å². The molecule has 1 aliphatic heterocycles. The second-order valence-corrected chi connectivity index (χ2v) is 10.5. The van der Waals surface area contributed by atoms with Crippen LogP contribution in [0.2, 0.25) is 0 Å². The van der Waals surface area contributed by atoms with Crippen molar-refractivity contribution in [3.8, 4) is 0 Å². The maximum absolute atomic E-state index is 13.6. The molecule has 9 nitrogen and oxygen atoms in total. The molecule has 2 rings (SSSR count). The lowest BCUT2D eigenvalue weighted by molar-refractivity contribution is -0.175. The third-order valence-electron chi connectivity index (χ3n) is 6.57. The highest BCUT2D eigenvalue weighted by Crippen LogP contribution is 2.24. The maximum Gasteiger partial charge on any atom is 0.452 e. The zero-order valence-corrected chi connectivity index (χ0v) is 22.8. The summed E-state index contributed by atoms with van der Waals surface area (Å²) in [5.41, 5.74) is 0.795. The molecule has 0 spiro atoms. The van der Waals surface area contributed by atoms with Gasteiger partial charge in [0.1, 0.15) is 18.1 Å². The first-order chi connectivity index (χ1) is 18.1. The number of nitrogens with one attached hydrogen (secondary N) is 3. The van der Waals surface area contributed by atoms with E-state index in [1.165, 1.54) is 25.7 Å². The Bertz CT molecular complexity index is 1050. The van der Waals surface area contributed by atoms with Crippen LogP contribution in [0.25, 0.3) is 0 Å². The Morgan fingerprint density at radius 2 is 1.51 bits per heavy atom. The van der Waals surface area contributed by atoms with Gasteiger partial charge in [-0.2, -0.15) is 13.2 Å². The zero-order valence-electron chi connectivity index (χ0n) is 22.8. The normalized spacial score (nSPS) is 17.9. The van der Waals surface area contributed by atoms with Gasteiger partial charge in [0.2, 0.25) is 23.6 Å². The fourth-order valence-electron chi connectivity index (χ4n) is 4.51. The van der Waals surface area contributed by atoms with E-state index in [0.29, 0.717) is 6.42 Å². The molecule has 216 valence electrons. The molecule has 1 saturated heterocycles. The van der Waals surface area contributed by atoms with Crippen LogP contribution in [0.5, 0.6) is 0 Å². The molecular weight excluding hydrogens is 517 g/mol. The summed E-state index contributed by atoms with van der Waals surface area (Å²) in [6.45, 7) is 7.62. The third-order valence-corrected chi connectivity index (χ3v) is 6.57. The van der Waals surface area contributed by atoms with Gasteiger partial charge in [0, 0.05) is 19.9 Å². The third kappa shape index (κ3) is 8.79. The first kappa shape index (κ1) is 31.8. The van der Waals surface area contributed by atoms with Gasteiger partial charge in [-0.3, -0.25) is 24.0 Å². The largest absolute Gasteiger partial charge is 0.452 e. The number of halogens is 3. The minimum absolute atomic E-state index is 0.161. The Morgan fingerprint density at radius 1 is 0.923 bits per heavy atom. The number of rotatable bonds is 11. The van der Waals surface area contributed by atoms with Crippen molar-refractivity contribution in [2.24, 2.45) is 11.8 Å². The van der Waals surface area contributed by atoms with Gasteiger partial charge in [0.05, 0.1) is 6.04 Å². The average Bonchev–Trinajstić information content (AvgIpc) is 3.34. The minimum atomic E-state index is -5.12. The number of Topliss-reactive ketones (excluding diaryl/α,β-unsaturated/α-hetero) is 1. The van der Waals surface area contributed by atoms with Crippen molar-refractivity contribution in [1.82, 2.24) is 20.9 Å². The molecule has 0 aliphatic carbocycles. The van der Waals surface area contributed by atoms with Crippen LogP contribution < -0.4 is 16.0 Å². The first-order valence-corrected chi connectivity index (χ1v) is 13.0. The quantitative estimate of drug-likeness (QED) is 0.387. The highest BCUT2D eigenvalue weighted by Gasteiger charge is 2.46. The summed E-state index contributed by atoms with van der Waals surface area (Å²) < 4.78 is 39.2. The van der Waals surface area contributed by atoms with Crippen molar-refractivity contribution < 1.29 is 37.1 Å². The molecule has 39 heavy (non-hydrogen) atoms. The van der Waals surface area contributed by atoms with Gasteiger partial charge >= 0.3 is 6.18 Å². The number of likely N-dealkylation sites (tertiary alicyclic amines) is 1. The van der Waals surface area contributed by atoms with E-state index < -0.39 is 71.6 Å². The molecule has 0 saturated carbocycles. The van der Waals surface area contributed by atoms with E-state index in [0.717, 1.165) is 5.56 Å². The van der Waals surface area contributed by atoms with Gasteiger partial charge in [0.15, 0.2) is 0 Å². The first-order valence-electron chi connectivity index (χ1n) is 13.0. The van der Waals surface area contributed by atoms with E-state index >= 15 is 0 Å². The predicted molar refractivity (Wildman–Crippen MR) is 137 cm³/mol. The van der Waals surface area contributed by atoms with Crippen LogP contribution >= 0.6 is 0 Å². The Hall–Kier alpha value is -3.44. The highest BCUT2D eigenvalue weighted by molar-refractivity contribution is 5.97. The number of amides is 4. The second-order valence-electron chi connectivity index (χ2n) is 10.5.